The molecule has 126 valence electrons. The van der Waals surface area contributed by atoms with E-state index in [1.54, 1.807) is 0 Å². The molecule has 1 N–H and O–H groups in total. The zero-order chi connectivity index (χ0) is 17.2. The Morgan fingerprint density at radius 2 is 2.04 bits per heavy atom. The number of nitrogens with zero attached hydrogens (tertiary/aromatic N) is 4. The van der Waals surface area contributed by atoms with Crippen LogP contribution in [0.2, 0.25) is 0 Å². The standard InChI is InChI=1S/C19H19N5S/c1-20-15-6-3-5-13-11-24(10-9-14(13)15)18-8-4-7-16(22-18)17-12-25-19(21-2)23-17/h3-8,12,20H,2,9-11H2,1H3. The van der Waals surface area contributed by atoms with E-state index in [9.17, 15) is 0 Å². The second-order valence-corrected chi connectivity index (χ2v) is 6.76. The van der Waals surface area contributed by atoms with Crippen LogP contribution >= 0.6 is 11.3 Å². The summed E-state index contributed by atoms with van der Waals surface area (Å²) in [5, 5.41) is 5.94. The Labute approximate surface area is 151 Å². The summed E-state index contributed by atoms with van der Waals surface area (Å²) >= 11 is 1.48. The number of aliphatic imine (C=N–C) groups is 1. The quantitative estimate of drug-likeness (QED) is 0.719. The number of pyridine rings is 1. The van der Waals surface area contributed by atoms with Gasteiger partial charge in [0.05, 0.1) is 5.69 Å². The molecule has 1 aliphatic rings. The van der Waals surface area contributed by atoms with E-state index in [1.165, 1.54) is 28.2 Å². The highest BCUT2D eigenvalue weighted by Gasteiger charge is 2.20. The summed E-state index contributed by atoms with van der Waals surface area (Å²) in [6.07, 6.45) is 1.01. The summed E-state index contributed by atoms with van der Waals surface area (Å²) in [6.45, 7) is 5.36. The molecule has 0 radical (unpaired) electrons. The maximum Gasteiger partial charge on any atom is 0.209 e. The fraction of sp³-hybridized carbons (Fsp3) is 0.211. The molecule has 4 rings (SSSR count). The van der Waals surface area contributed by atoms with Gasteiger partial charge in [0.25, 0.3) is 0 Å². The minimum atomic E-state index is 0.675. The lowest BCUT2D eigenvalue weighted by Crippen LogP contribution is -2.31. The lowest BCUT2D eigenvalue weighted by atomic mass is 9.97. The summed E-state index contributed by atoms with van der Waals surface area (Å²) in [4.78, 5) is 15.5. The first-order chi connectivity index (χ1) is 12.3. The van der Waals surface area contributed by atoms with E-state index >= 15 is 0 Å². The van der Waals surface area contributed by atoms with Crippen molar-refractivity contribution in [2.75, 3.05) is 23.8 Å². The number of aromatic nitrogens is 2. The van der Waals surface area contributed by atoms with Crippen LogP contribution in [0.4, 0.5) is 16.6 Å². The SMILES string of the molecule is C=Nc1nc(-c2cccc(N3CCc4c(cccc4NC)C3)n2)cs1. The molecule has 0 spiro atoms. The third-order valence-corrected chi connectivity index (χ3v) is 5.26. The van der Waals surface area contributed by atoms with Crippen LogP contribution < -0.4 is 10.2 Å². The molecule has 0 saturated carbocycles. The summed E-state index contributed by atoms with van der Waals surface area (Å²) in [6, 6.07) is 12.5. The first-order valence-electron chi connectivity index (χ1n) is 8.21. The number of thiazole rings is 1. The van der Waals surface area contributed by atoms with Crippen LogP contribution in [-0.4, -0.2) is 30.3 Å². The average molecular weight is 349 g/mol. The predicted octanol–water partition coefficient (Wildman–Crippen LogP) is 4.14. The van der Waals surface area contributed by atoms with Crippen molar-refractivity contribution in [1.29, 1.82) is 0 Å². The van der Waals surface area contributed by atoms with Gasteiger partial charge in [-0.2, -0.15) is 0 Å². The van der Waals surface area contributed by atoms with Crippen molar-refractivity contribution in [1.82, 2.24) is 9.97 Å². The van der Waals surface area contributed by atoms with Gasteiger partial charge in [0.1, 0.15) is 11.5 Å². The average Bonchev–Trinajstić information content (AvgIpc) is 3.16. The van der Waals surface area contributed by atoms with Gasteiger partial charge in [-0.3, -0.25) is 0 Å². The van der Waals surface area contributed by atoms with Crippen molar-refractivity contribution >= 4 is 34.7 Å². The van der Waals surface area contributed by atoms with Crippen LogP contribution in [0, 0.1) is 0 Å². The molecule has 0 saturated heterocycles. The van der Waals surface area contributed by atoms with Gasteiger partial charge in [-0.25, -0.2) is 15.0 Å². The monoisotopic (exact) mass is 349 g/mol. The predicted molar refractivity (Wildman–Crippen MR) is 105 cm³/mol. The van der Waals surface area contributed by atoms with Gasteiger partial charge in [0, 0.05) is 31.2 Å². The molecule has 1 aromatic carbocycles. The Morgan fingerprint density at radius 1 is 1.16 bits per heavy atom. The van der Waals surface area contributed by atoms with Crippen LogP contribution in [0.1, 0.15) is 11.1 Å². The van der Waals surface area contributed by atoms with Crippen molar-refractivity contribution in [2.45, 2.75) is 13.0 Å². The fourth-order valence-corrected chi connectivity index (χ4v) is 3.85. The van der Waals surface area contributed by atoms with Crippen LogP contribution in [0.3, 0.4) is 0 Å². The molecule has 3 aromatic rings. The molecule has 6 heteroatoms. The van der Waals surface area contributed by atoms with Crippen LogP contribution in [-0.2, 0) is 13.0 Å². The maximum atomic E-state index is 4.82. The van der Waals surface area contributed by atoms with Crippen LogP contribution in [0.15, 0.2) is 46.8 Å². The van der Waals surface area contributed by atoms with Gasteiger partial charge in [-0.15, -0.1) is 11.3 Å². The van der Waals surface area contributed by atoms with Crippen molar-refractivity contribution in [3.05, 3.63) is 52.9 Å². The van der Waals surface area contributed by atoms with E-state index in [4.69, 9.17) is 4.98 Å². The van der Waals surface area contributed by atoms with Crippen LogP contribution in [0.5, 0.6) is 0 Å². The zero-order valence-electron chi connectivity index (χ0n) is 14.1. The highest BCUT2D eigenvalue weighted by molar-refractivity contribution is 7.13. The zero-order valence-corrected chi connectivity index (χ0v) is 14.9. The van der Waals surface area contributed by atoms with Crippen molar-refractivity contribution in [3.8, 4) is 11.4 Å². The van der Waals surface area contributed by atoms with Crippen molar-refractivity contribution in [3.63, 3.8) is 0 Å². The van der Waals surface area contributed by atoms with Gasteiger partial charge >= 0.3 is 0 Å². The molecule has 0 aliphatic carbocycles. The number of hydrogen-bond donors (Lipinski definition) is 1. The maximum absolute atomic E-state index is 4.82. The fourth-order valence-electron chi connectivity index (χ4n) is 3.24. The number of fused-ring (bicyclic) bond motifs is 1. The lowest BCUT2D eigenvalue weighted by Gasteiger charge is -2.31. The summed E-state index contributed by atoms with van der Waals surface area (Å²) in [5.41, 5.74) is 5.73. The highest BCUT2D eigenvalue weighted by Crippen LogP contribution is 2.30. The largest absolute Gasteiger partial charge is 0.388 e. The summed E-state index contributed by atoms with van der Waals surface area (Å²) < 4.78 is 0. The molecule has 5 nitrogen and oxygen atoms in total. The highest BCUT2D eigenvalue weighted by atomic mass is 32.1. The normalized spacial score (nSPS) is 13.4. The first kappa shape index (κ1) is 15.8. The topological polar surface area (TPSA) is 53.4 Å². The van der Waals surface area contributed by atoms with E-state index in [0.29, 0.717) is 5.13 Å². The van der Waals surface area contributed by atoms with E-state index in [0.717, 1.165) is 36.7 Å². The van der Waals surface area contributed by atoms with E-state index < -0.39 is 0 Å². The van der Waals surface area contributed by atoms with Crippen molar-refractivity contribution < 1.29 is 0 Å². The molecule has 25 heavy (non-hydrogen) atoms. The minimum Gasteiger partial charge on any atom is -0.388 e. The lowest BCUT2D eigenvalue weighted by molar-refractivity contribution is 0.722. The Kier molecular flexibility index (Phi) is 4.19. The number of nitrogens with one attached hydrogen (secondary N) is 1. The molecule has 0 atom stereocenters. The Bertz CT molecular complexity index is 918. The number of anilines is 2. The molecule has 0 unspecified atom stereocenters. The van der Waals surface area contributed by atoms with E-state index in [-0.39, 0.29) is 0 Å². The smallest absolute Gasteiger partial charge is 0.209 e. The third kappa shape index (κ3) is 3.00. The van der Waals surface area contributed by atoms with Crippen LogP contribution in [0.25, 0.3) is 11.4 Å². The van der Waals surface area contributed by atoms with E-state index in [1.807, 2.05) is 24.6 Å². The van der Waals surface area contributed by atoms with Crippen molar-refractivity contribution in [2.24, 2.45) is 4.99 Å². The summed E-state index contributed by atoms with van der Waals surface area (Å²) in [7, 11) is 1.98. The Hall–Kier alpha value is -2.73. The van der Waals surface area contributed by atoms with Gasteiger partial charge in [-0.1, -0.05) is 18.2 Å². The number of hydrogen-bond acceptors (Lipinski definition) is 6. The number of benzene rings is 1. The molecular weight excluding hydrogens is 330 g/mol. The van der Waals surface area contributed by atoms with Gasteiger partial charge in [-0.05, 0) is 42.5 Å². The second-order valence-electron chi connectivity index (χ2n) is 5.92. The molecule has 1 aliphatic heterocycles. The molecule has 2 aromatic heterocycles. The molecular formula is C19H19N5S. The Morgan fingerprint density at radius 3 is 2.84 bits per heavy atom. The first-order valence-corrected chi connectivity index (χ1v) is 9.09. The third-order valence-electron chi connectivity index (χ3n) is 4.48. The van der Waals surface area contributed by atoms with Gasteiger partial charge in [0.15, 0.2) is 0 Å². The minimum absolute atomic E-state index is 0.675. The second kappa shape index (κ2) is 6.64. The number of rotatable bonds is 4. The molecule has 0 fully saturated rings. The summed E-state index contributed by atoms with van der Waals surface area (Å²) in [5.74, 6) is 0.985. The van der Waals surface area contributed by atoms with Gasteiger partial charge < -0.3 is 10.2 Å². The van der Waals surface area contributed by atoms with E-state index in [2.05, 4.69) is 51.2 Å². The van der Waals surface area contributed by atoms with Gasteiger partial charge in [0.2, 0.25) is 5.13 Å². The molecule has 3 heterocycles. The molecule has 0 amide bonds. The molecule has 0 bridgehead atoms. The Balaban J connectivity index is 1.62.